The van der Waals surface area contributed by atoms with Crippen molar-refractivity contribution < 1.29 is 4.79 Å². The summed E-state index contributed by atoms with van der Waals surface area (Å²) in [5, 5.41) is 0. The number of nitrogens with zero attached hydrogens (tertiary/aromatic N) is 4. The predicted octanol–water partition coefficient (Wildman–Crippen LogP) is 4.10. The number of rotatable bonds is 5. The number of hydrogen-bond acceptors (Lipinski definition) is 4. The normalized spacial score (nSPS) is 20.9. The van der Waals surface area contributed by atoms with E-state index in [1.165, 1.54) is 18.4 Å². The van der Waals surface area contributed by atoms with E-state index in [0.717, 1.165) is 56.0 Å². The summed E-state index contributed by atoms with van der Waals surface area (Å²) < 4.78 is 0. The van der Waals surface area contributed by atoms with Crippen molar-refractivity contribution in [3.05, 3.63) is 59.2 Å². The SMILES string of the molecule is CC(=O)N1CCc2nc([C@@H]3CCCCN3CC[C@@H](C)c3ccccc3)ncc2C1. The van der Waals surface area contributed by atoms with Gasteiger partial charge in [-0.15, -0.1) is 0 Å². The molecule has 4 rings (SSSR count). The summed E-state index contributed by atoms with van der Waals surface area (Å²) in [7, 11) is 0. The molecule has 0 saturated carbocycles. The summed E-state index contributed by atoms with van der Waals surface area (Å²) in [5.74, 6) is 1.67. The van der Waals surface area contributed by atoms with Gasteiger partial charge in [-0.1, -0.05) is 43.7 Å². The standard InChI is InChI=1S/C24H32N4O/c1-18(20-8-4-3-5-9-20)11-14-27-13-7-6-10-23(27)24-25-16-21-17-28(19(2)29)15-12-22(21)26-24/h3-5,8-9,16,18,23H,6-7,10-15,17H2,1-2H3/t18-,23+/m1/s1. The van der Waals surface area contributed by atoms with Gasteiger partial charge in [-0.25, -0.2) is 9.97 Å². The maximum absolute atomic E-state index is 11.7. The van der Waals surface area contributed by atoms with Gasteiger partial charge in [0.05, 0.1) is 11.7 Å². The molecule has 0 bridgehead atoms. The van der Waals surface area contributed by atoms with Gasteiger partial charge in [0.15, 0.2) is 0 Å². The molecule has 1 saturated heterocycles. The largest absolute Gasteiger partial charge is 0.338 e. The summed E-state index contributed by atoms with van der Waals surface area (Å²) in [6.45, 7) is 7.58. The van der Waals surface area contributed by atoms with Crippen molar-refractivity contribution in [1.29, 1.82) is 0 Å². The molecule has 29 heavy (non-hydrogen) atoms. The van der Waals surface area contributed by atoms with Crippen molar-refractivity contribution in [1.82, 2.24) is 19.8 Å². The van der Waals surface area contributed by atoms with Crippen LogP contribution in [0.5, 0.6) is 0 Å². The summed E-state index contributed by atoms with van der Waals surface area (Å²) in [4.78, 5) is 25.9. The fraction of sp³-hybridized carbons (Fsp3) is 0.542. The third kappa shape index (κ3) is 4.67. The second kappa shape index (κ2) is 9.04. The molecule has 5 heteroatoms. The number of fused-ring (bicyclic) bond motifs is 1. The molecule has 5 nitrogen and oxygen atoms in total. The van der Waals surface area contributed by atoms with Crippen molar-refractivity contribution in [3.8, 4) is 0 Å². The third-order valence-corrected chi connectivity index (χ3v) is 6.53. The highest BCUT2D eigenvalue weighted by Gasteiger charge is 2.28. The zero-order chi connectivity index (χ0) is 20.2. The Bertz CT molecular complexity index is 838. The van der Waals surface area contributed by atoms with Crippen LogP contribution < -0.4 is 0 Å². The third-order valence-electron chi connectivity index (χ3n) is 6.53. The highest BCUT2D eigenvalue weighted by Crippen LogP contribution is 2.31. The highest BCUT2D eigenvalue weighted by atomic mass is 16.2. The molecule has 1 fully saturated rings. The topological polar surface area (TPSA) is 49.3 Å². The molecule has 2 aliphatic rings. The quantitative estimate of drug-likeness (QED) is 0.769. The molecule has 2 aromatic rings. The van der Waals surface area contributed by atoms with Crippen molar-refractivity contribution in [3.63, 3.8) is 0 Å². The molecular formula is C24H32N4O. The molecule has 0 N–H and O–H groups in total. The van der Waals surface area contributed by atoms with E-state index in [-0.39, 0.29) is 5.91 Å². The molecule has 1 amide bonds. The van der Waals surface area contributed by atoms with E-state index in [1.807, 2.05) is 11.1 Å². The molecule has 0 unspecified atom stereocenters. The van der Waals surface area contributed by atoms with Crippen molar-refractivity contribution in [2.24, 2.45) is 0 Å². The van der Waals surface area contributed by atoms with Crippen LogP contribution in [0.4, 0.5) is 0 Å². The average Bonchev–Trinajstić information content (AvgIpc) is 2.77. The minimum atomic E-state index is 0.130. The number of amides is 1. The van der Waals surface area contributed by atoms with E-state index < -0.39 is 0 Å². The van der Waals surface area contributed by atoms with Gasteiger partial charge in [-0.05, 0) is 43.8 Å². The lowest BCUT2D eigenvalue weighted by molar-refractivity contribution is -0.129. The predicted molar refractivity (Wildman–Crippen MR) is 114 cm³/mol. The van der Waals surface area contributed by atoms with Gasteiger partial charge in [-0.3, -0.25) is 9.69 Å². The van der Waals surface area contributed by atoms with E-state index in [2.05, 4.69) is 42.2 Å². The number of hydrogen-bond donors (Lipinski definition) is 0. The van der Waals surface area contributed by atoms with Gasteiger partial charge >= 0.3 is 0 Å². The molecule has 2 atom stereocenters. The van der Waals surface area contributed by atoms with Gasteiger partial charge in [0.1, 0.15) is 5.82 Å². The van der Waals surface area contributed by atoms with Crippen LogP contribution in [0.2, 0.25) is 0 Å². The first kappa shape index (κ1) is 20.0. The Morgan fingerprint density at radius 3 is 2.83 bits per heavy atom. The van der Waals surface area contributed by atoms with E-state index in [1.54, 1.807) is 6.92 Å². The minimum absolute atomic E-state index is 0.130. The molecule has 1 aromatic carbocycles. The smallest absolute Gasteiger partial charge is 0.219 e. The Balaban J connectivity index is 1.44. The van der Waals surface area contributed by atoms with Gasteiger partial charge in [0.2, 0.25) is 5.91 Å². The molecule has 0 spiro atoms. The van der Waals surface area contributed by atoms with Crippen LogP contribution in [0.1, 0.15) is 74.1 Å². The number of carbonyl (C=O) groups is 1. The number of benzene rings is 1. The van der Waals surface area contributed by atoms with Crippen molar-refractivity contribution in [2.75, 3.05) is 19.6 Å². The molecule has 3 heterocycles. The van der Waals surface area contributed by atoms with Crippen LogP contribution in [-0.2, 0) is 17.8 Å². The van der Waals surface area contributed by atoms with Crippen LogP contribution in [0.3, 0.4) is 0 Å². The van der Waals surface area contributed by atoms with Crippen molar-refractivity contribution in [2.45, 2.75) is 64.5 Å². The fourth-order valence-electron chi connectivity index (χ4n) is 4.62. The monoisotopic (exact) mass is 392 g/mol. The Hall–Kier alpha value is -2.27. The first-order valence-corrected chi connectivity index (χ1v) is 11.0. The second-order valence-electron chi connectivity index (χ2n) is 8.54. The molecule has 1 aromatic heterocycles. The van der Waals surface area contributed by atoms with E-state index in [9.17, 15) is 4.79 Å². The Labute approximate surface area is 174 Å². The van der Waals surface area contributed by atoms with Gasteiger partial charge in [0.25, 0.3) is 0 Å². The lowest BCUT2D eigenvalue weighted by Crippen LogP contribution is -2.37. The van der Waals surface area contributed by atoms with E-state index in [4.69, 9.17) is 9.97 Å². The number of carbonyl (C=O) groups excluding carboxylic acids is 1. The summed E-state index contributed by atoms with van der Waals surface area (Å²) >= 11 is 0. The first-order valence-electron chi connectivity index (χ1n) is 11.0. The van der Waals surface area contributed by atoms with Crippen LogP contribution in [0.15, 0.2) is 36.5 Å². The minimum Gasteiger partial charge on any atom is -0.338 e. The second-order valence-corrected chi connectivity index (χ2v) is 8.54. The van der Waals surface area contributed by atoms with Crippen LogP contribution in [-0.4, -0.2) is 45.3 Å². The Morgan fingerprint density at radius 2 is 2.03 bits per heavy atom. The number of likely N-dealkylation sites (tertiary alicyclic amines) is 1. The zero-order valence-electron chi connectivity index (χ0n) is 17.7. The van der Waals surface area contributed by atoms with Crippen molar-refractivity contribution >= 4 is 5.91 Å². The Morgan fingerprint density at radius 1 is 1.21 bits per heavy atom. The molecule has 154 valence electrons. The number of piperidine rings is 1. The van der Waals surface area contributed by atoms with Gasteiger partial charge in [-0.2, -0.15) is 0 Å². The maximum atomic E-state index is 11.7. The van der Waals surface area contributed by atoms with E-state index in [0.29, 0.717) is 18.5 Å². The highest BCUT2D eigenvalue weighted by molar-refractivity contribution is 5.73. The van der Waals surface area contributed by atoms with Gasteiger partial charge < -0.3 is 4.90 Å². The van der Waals surface area contributed by atoms with Gasteiger partial charge in [0, 0.05) is 38.2 Å². The molecule has 2 aliphatic heterocycles. The molecule has 0 aliphatic carbocycles. The summed E-state index contributed by atoms with van der Waals surface area (Å²) in [5.41, 5.74) is 3.66. The fourth-order valence-corrected chi connectivity index (χ4v) is 4.62. The molecule has 0 radical (unpaired) electrons. The lowest BCUT2D eigenvalue weighted by Gasteiger charge is -2.36. The summed E-state index contributed by atoms with van der Waals surface area (Å²) in [6, 6.07) is 11.1. The van der Waals surface area contributed by atoms with E-state index >= 15 is 0 Å². The van der Waals surface area contributed by atoms with Crippen LogP contribution in [0, 0.1) is 0 Å². The molecular weight excluding hydrogens is 360 g/mol. The average molecular weight is 393 g/mol. The van der Waals surface area contributed by atoms with Crippen LogP contribution in [0.25, 0.3) is 0 Å². The summed E-state index contributed by atoms with van der Waals surface area (Å²) in [6.07, 6.45) is 7.59. The number of aromatic nitrogens is 2. The maximum Gasteiger partial charge on any atom is 0.219 e. The zero-order valence-corrected chi connectivity index (χ0v) is 17.7. The van der Waals surface area contributed by atoms with Crippen LogP contribution >= 0.6 is 0 Å². The Kier molecular flexibility index (Phi) is 6.24. The first-order chi connectivity index (χ1) is 14.1. The lowest BCUT2D eigenvalue weighted by atomic mass is 9.95.